The number of hydrogen-bond donors (Lipinski definition) is 2. The van der Waals surface area contributed by atoms with Crippen molar-refractivity contribution in [2.75, 3.05) is 20.1 Å². The van der Waals surface area contributed by atoms with Gasteiger partial charge in [-0.15, -0.1) is 0 Å². The highest BCUT2D eigenvalue weighted by Crippen LogP contribution is 2.41. The average Bonchev–Trinajstić information content (AvgIpc) is 3.07. The van der Waals surface area contributed by atoms with Crippen molar-refractivity contribution in [2.24, 2.45) is 10.9 Å². The Morgan fingerprint density at radius 3 is 2.59 bits per heavy atom. The Hall–Kier alpha value is -1.56. The fourth-order valence-corrected chi connectivity index (χ4v) is 4.75. The maximum Gasteiger partial charge on any atom is 0.225 e. The number of nitrogens with one attached hydrogen (secondary N) is 2. The largest absolute Gasteiger partial charge is 0.353 e. The lowest BCUT2D eigenvalue weighted by Gasteiger charge is -2.21. The number of hydrogen-bond acceptors (Lipinski definition) is 2. The van der Waals surface area contributed by atoms with E-state index >= 15 is 0 Å². The third kappa shape index (κ3) is 4.48. The predicted octanol–water partition coefficient (Wildman–Crippen LogP) is 3.26. The number of nitrogens with zero attached hydrogens (tertiary/aromatic N) is 2. The Bertz CT molecular complexity index is 699. The summed E-state index contributed by atoms with van der Waals surface area (Å²) in [4.78, 5) is 19.1. The van der Waals surface area contributed by atoms with Crippen LogP contribution in [0.1, 0.15) is 50.0 Å². The van der Waals surface area contributed by atoms with Gasteiger partial charge < -0.3 is 15.5 Å². The van der Waals surface area contributed by atoms with E-state index in [1.807, 2.05) is 7.05 Å². The lowest BCUT2D eigenvalue weighted by molar-refractivity contribution is -0.134. The van der Waals surface area contributed by atoms with Gasteiger partial charge in [-0.2, -0.15) is 0 Å². The summed E-state index contributed by atoms with van der Waals surface area (Å²) in [6.07, 6.45) is 6.72. The molecule has 3 unspecified atom stereocenters. The molecule has 6 heteroatoms. The molecule has 27 heavy (non-hydrogen) atoms. The third-order valence-corrected chi connectivity index (χ3v) is 6.71. The van der Waals surface area contributed by atoms with Crippen LogP contribution in [0.4, 0.5) is 0 Å². The molecule has 2 aliphatic carbocycles. The van der Waals surface area contributed by atoms with Crippen molar-refractivity contribution in [3.63, 3.8) is 0 Å². The molecule has 3 atom stereocenters. The van der Waals surface area contributed by atoms with Crippen LogP contribution < -0.4 is 10.6 Å². The van der Waals surface area contributed by atoms with Gasteiger partial charge in [-0.25, -0.2) is 0 Å². The van der Waals surface area contributed by atoms with Crippen molar-refractivity contribution < 1.29 is 4.79 Å². The van der Waals surface area contributed by atoms with Crippen molar-refractivity contribution >= 4 is 27.8 Å². The molecule has 2 N–H and O–H groups in total. The molecule has 3 fully saturated rings. The minimum atomic E-state index is 0.277. The first-order valence-electron chi connectivity index (χ1n) is 10.2. The molecule has 0 spiro atoms. The summed E-state index contributed by atoms with van der Waals surface area (Å²) >= 11 is 3.49. The number of benzene rings is 1. The van der Waals surface area contributed by atoms with Crippen molar-refractivity contribution in [3.8, 4) is 0 Å². The number of guanidine groups is 1. The molecule has 146 valence electrons. The van der Waals surface area contributed by atoms with E-state index < -0.39 is 0 Å². The Morgan fingerprint density at radius 2 is 1.89 bits per heavy atom. The molecule has 3 aliphatic rings. The fraction of sp³-hybridized carbons (Fsp3) is 0.619. The molecule has 1 aromatic carbocycles. The Kier molecular flexibility index (Phi) is 5.71. The van der Waals surface area contributed by atoms with Gasteiger partial charge in [-0.1, -0.05) is 40.9 Å². The van der Waals surface area contributed by atoms with Gasteiger partial charge in [0.2, 0.25) is 5.91 Å². The van der Waals surface area contributed by atoms with Crippen LogP contribution >= 0.6 is 15.9 Å². The quantitative estimate of drug-likeness (QED) is 0.566. The second-order valence-corrected chi connectivity index (χ2v) is 9.03. The summed E-state index contributed by atoms with van der Waals surface area (Å²) < 4.78 is 1.12. The van der Waals surface area contributed by atoms with E-state index in [1.54, 1.807) is 0 Å². The molecule has 0 bridgehead atoms. The maximum atomic E-state index is 12.6. The van der Waals surface area contributed by atoms with E-state index in [-0.39, 0.29) is 5.92 Å². The summed E-state index contributed by atoms with van der Waals surface area (Å²) in [5.41, 5.74) is 1.38. The lowest BCUT2D eigenvalue weighted by atomic mass is 10.1. The molecule has 1 heterocycles. The standard InChI is InChI=1S/C21H29BrN4O/c1-23-21(25-19-12-18(19)14-6-8-16(22)9-7-14)24-17-10-11-26(13-17)20(27)15-4-2-3-5-15/h6-9,15,17-19H,2-5,10-13H2,1H3,(H2,23,24,25). The highest BCUT2D eigenvalue weighted by Gasteiger charge is 2.39. The Balaban J connectivity index is 1.25. The van der Waals surface area contributed by atoms with Gasteiger partial charge in [-0.3, -0.25) is 9.79 Å². The summed E-state index contributed by atoms with van der Waals surface area (Å²) in [6, 6.07) is 9.33. The van der Waals surface area contributed by atoms with Crippen molar-refractivity contribution in [1.29, 1.82) is 0 Å². The molecular weight excluding hydrogens is 404 g/mol. The Labute approximate surface area is 170 Å². The summed E-state index contributed by atoms with van der Waals surface area (Å²) in [7, 11) is 1.82. The first-order chi connectivity index (χ1) is 13.1. The van der Waals surface area contributed by atoms with E-state index in [0.29, 0.717) is 23.9 Å². The summed E-state index contributed by atoms with van der Waals surface area (Å²) in [6.45, 7) is 1.67. The van der Waals surface area contributed by atoms with Crippen LogP contribution in [-0.2, 0) is 4.79 Å². The molecule has 1 aromatic rings. The highest BCUT2D eigenvalue weighted by molar-refractivity contribution is 9.10. The summed E-state index contributed by atoms with van der Waals surface area (Å²) in [5, 5.41) is 7.08. The molecular formula is C21H29BrN4O. The number of carbonyl (C=O) groups is 1. The van der Waals surface area contributed by atoms with Gasteiger partial charge in [-0.05, 0) is 43.4 Å². The predicted molar refractivity (Wildman–Crippen MR) is 112 cm³/mol. The zero-order chi connectivity index (χ0) is 18.8. The monoisotopic (exact) mass is 432 g/mol. The molecule has 2 saturated carbocycles. The van der Waals surface area contributed by atoms with Crippen LogP contribution in [0.5, 0.6) is 0 Å². The maximum absolute atomic E-state index is 12.6. The number of likely N-dealkylation sites (tertiary alicyclic amines) is 1. The molecule has 4 rings (SSSR count). The average molecular weight is 433 g/mol. The van der Waals surface area contributed by atoms with Crippen molar-refractivity contribution in [2.45, 2.75) is 56.5 Å². The van der Waals surface area contributed by atoms with E-state index in [4.69, 9.17) is 0 Å². The number of aliphatic imine (C=N–C) groups is 1. The van der Waals surface area contributed by atoms with Gasteiger partial charge >= 0.3 is 0 Å². The second-order valence-electron chi connectivity index (χ2n) is 8.11. The van der Waals surface area contributed by atoms with Crippen molar-refractivity contribution in [3.05, 3.63) is 34.3 Å². The lowest BCUT2D eigenvalue weighted by Crippen LogP contribution is -2.46. The molecule has 0 aromatic heterocycles. The minimum absolute atomic E-state index is 0.277. The van der Waals surface area contributed by atoms with Crippen LogP contribution in [0.3, 0.4) is 0 Å². The van der Waals surface area contributed by atoms with Crippen LogP contribution in [0, 0.1) is 5.92 Å². The van der Waals surface area contributed by atoms with E-state index in [2.05, 4.69) is 60.7 Å². The third-order valence-electron chi connectivity index (χ3n) is 6.18. The van der Waals surface area contributed by atoms with Gasteiger partial charge in [0.15, 0.2) is 5.96 Å². The molecule has 1 aliphatic heterocycles. The number of rotatable bonds is 4. The highest BCUT2D eigenvalue weighted by atomic mass is 79.9. The van der Waals surface area contributed by atoms with E-state index in [0.717, 1.165) is 49.2 Å². The van der Waals surface area contributed by atoms with Crippen LogP contribution in [0.2, 0.25) is 0 Å². The fourth-order valence-electron chi connectivity index (χ4n) is 4.48. The van der Waals surface area contributed by atoms with Crippen molar-refractivity contribution in [1.82, 2.24) is 15.5 Å². The Morgan fingerprint density at radius 1 is 1.15 bits per heavy atom. The normalized spacial score (nSPS) is 28.4. The first kappa shape index (κ1) is 18.8. The molecule has 0 radical (unpaired) electrons. The van der Waals surface area contributed by atoms with Crippen LogP contribution in [0.25, 0.3) is 0 Å². The van der Waals surface area contributed by atoms with Crippen LogP contribution in [0.15, 0.2) is 33.7 Å². The molecule has 1 amide bonds. The topological polar surface area (TPSA) is 56.7 Å². The smallest absolute Gasteiger partial charge is 0.225 e. The van der Waals surface area contributed by atoms with Gasteiger partial charge in [0.05, 0.1) is 0 Å². The second kappa shape index (κ2) is 8.21. The number of halogens is 1. The summed E-state index contributed by atoms with van der Waals surface area (Å²) in [5.74, 6) is 2.07. The van der Waals surface area contributed by atoms with Gasteiger partial charge in [0, 0.05) is 48.5 Å². The SMILES string of the molecule is CN=C(NC1CCN(C(=O)C2CCCC2)C1)NC1CC1c1ccc(Br)cc1. The molecule has 1 saturated heterocycles. The minimum Gasteiger partial charge on any atom is -0.353 e. The molecule has 5 nitrogen and oxygen atoms in total. The number of carbonyl (C=O) groups excluding carboxylic acids is 1. The zero-order valence-electron chi connectivity index (χ0n) is 16.0. The van der Waals surface area contributed by atoms with Gasteiger partial charge in [0.25, 0.3) is 0 Å². The van der Waals surface area contributed by atoms with Gasteiger partial charge in [0.1, 0.15) is 0 Å². The van der Waals surface area contributed by atoms with Crippen LogP contribution in [-0.4, -0.2) is 49.0 Å². The van der Waals surface area contributed by atoms with E-state index in [9.17, 15) is 4.79 Å². The van der Waals surface area contributed by atoms with E-state index in [1.165, 1.54) is 18.4 Å². The zero-order valence-corrected chi connectivity index (χ0v) is 17.5. The number of amides is 1. The first-order valence-corrected chi connectivity index (χ1v) is 11.0.